The van der Waals surface area contributed by atoms with Gasteiger partial charge in [0.2, 0.25) is 0 Å². The van der Waals surface area contributed by atoms with E-state index in [4.69, 9.17) is 27.1 Å². The average Bonchev–Trinajstić information content (AvgIpc) is 3.22. The standard InChI is InChI=1S/C27H38ClN3O2S/c1-5-7-24(29)25(14-20(4)12-13-32)30-16-23-18-34-27(31-23)15-21-8-6-9-22(28)10-11-26(21)33-17-19(2)3/h5-8,10-11,14,18-19,21,30,32H,9,12-13,15-17,29H2,1-4H3/b7-5-,8-6?,20-14+,22-10+,25-24-,26-11+. The number of rotatable bonds is 12. The maximum absolute atomic E-state index is 9.20. The number of nitrogens with zero attached hydrogens (tertiary/aromatic N) is 1. The summed E-state index contributed by atoms with van der Waals surface area (Å²) in [6, 6.07) is 0. The fourth-order valence-electron chi connectivity index (χ4n) is 3.29. The normalized spacial score (nSPS) is 20.9. The van der Waals surface area contributed by atoms with Gasteiger partial charge in [0.15, 0.2) is 0 Å². The molecule has 0 radical (unpaired) electrons. The largest absolute Gasteiger partial charge is 0.497 e. The van der Waals surface area contributed by atoms with Crippen molar-refractivity contribution in [3.8, 4) is 0 Å². The number of halogens is 1. The van der Waals surface area contributed by atoms with Gasteiger partial charge in [-0.1, -0.05) is 49.2 Å². The van der Waals surface area contributed by atoms with E-state index < -0.39 is 0 Å². The average molecular weight is 504 g/mol. The van der Waals surface area contributed by atoms with E-state index >= 15 is 0 Å². The molecule has 0 spiro atoms. The van der Waals surface area contributed by atoms with Crippen molar-refractivity contribution in [2.75, 3.05) is 13.2 Å². The third-order valence-electron chi connectivity index (χ3n) is 5.07. The zero-order valence-corrected chi connectivity index (χ0v) is 22.3. The minimum absolute atomic E-state index is 0.115. The van der Waals surface area contributed by atoms with Crippen LogP contribution in [0.5, 0.6) is 0 Å². The van der Waals surface area contributed by atoms with Crippen LogP contribution in [0, 0.1) is 11.8 Å². The Morgan fingerprint density at radius 2 is 2.21 bits per heavy atom. The number of allylic oxidation sites excluding steroid dienone is 8. The lowest BCUT2D eigenvalue weighted by atomic mass is 10.00. The van der Waals surface area contributed by atoms with Crippen molar-refractivity contribution in [1.82, 2.24) is 10.3 Å². The first kappa shape index (κ1) is 28.0. The molecule has 4 N–H and O–H groups in total. The van der Waals surface area contributed by atoms with Crippen molar-refractivity contribution in [3.05, 3.63) is 86.4 Å². The van der Waals surface area contributed by atoms with Crippen LogP contribution in [0.2, 0.25) is 0 Å². The molecule has 5 nitrogen and oxygen atoms in total. The number of aliphatic hydroxyl groups excluding tert-OH is 1. The summed E-state index contributed by atoms with van der Waals surface area (Å²) in [5.74, 6) is 1.49. The molecule has 0 bridgehead atoms. The van der Waals surface area contributed by atoms with Crippen molar-refractivity contribution >= 4 is 22.9 Å². The van der Waals surface area contributed by atoms with Crippen molar-refractivity contribution in [2.24, 2.45) is 17.6 Å². The van der Waals surface area contributed by atoms with Crippen LogP contribution in [0.4, 0.5) is 0 Å². The third-order valence-corrected chi connectivity index (χ3v) is 6.27. The summed E-state index contributed by atoms with van der Waals surface area (Å²) >= 11 is 7.90. The second-order valence-electron chi connectivity index (χ2n) is 8.75. The number of hydrogen-bond acceptors (Lipinski definition) is 6. The first-order chi connectivity index (χ1) is 16.3. The molecular formula is C27H38ClN3O2S. The van der Waals surface area contributed by atoms with Crippen LogP contribution >= 0.6 is 22.9 Å². The highest BCUT2D eigenvalue weighted by Crippen LogP contribution is 2.26. The van der Waals surface area contributed by atoms with Crippen LogP contribution in [0.25, 0.3) is 0 Å². The van der Waals surface area contributed by atoms with E-state index in [2.05, 4.69) is 36.7 Å². The van der Waals surface area contributed by atoms with E-state index in [1.165, 1.54) is 0 Å². The van der Waals surface area contributed by atoms with Gasteiger partial charge in [0.05, 0.1) is 35.2 Å². The molecule has 1 heterocycles. The van der Waals surface area contributed by atoms with E-state index in [0.717, 1.165) is 45.6 Å². The van der Waals surface area contributed by atoms with Crippen LogP contribution in [0.15, 0.2) is 75.7 Å². The molecule has 0 fully saturated rings. The van der Waals surface area contributed by atoms with Crippen molar-refractivity contribution in [3.63, 3.8) is 0 Å². The van der Waals surface area contributed by atoms with E-state index in [-0.39, 0.29) is 12.5 Å². The molecule has 1 aliphatic rings. The van der Waals surface area contributed by atoms with Crippen LogP contribution in [-0.4, -0.2) is 23.3 Å². The number of nitrogens with two attached hydrogens (primary N) is 1. The maximum atomic E-state index is 9.20. The molecule has 186 valence electrons. The highest BCUT2D eigenvalue weighted by molar-refractivity contribution is 7.09. The fraction of sp³-hybridized carbons (Fsp3) is 0.444. The Kier molecular flexibility index (Phi) is 12.2. The molecule has 0 amide bonds. The predicted octanol–water partition coefficient (Wildman–Crippen LogP) is 6.11. The SMILES string of the molecule is C\C=C/C(N)=C(\C=C(/C)CCO)NCc1csc(CC2C=CC/C(Cl)=C\C=C/2OCC(C)C)n1. The second kappa shape index (κ2) is 14.9. The maximum Gasteiger partial charge on any atom is 0.103 e. The Balaban J connectivity index is 2.12. The van der Waals surface area contributed by atoms with Crippen molar-refractivity contribution in [1.29, 1.82) is 0 Å². The molecule has 0 aliphatic heterocycles. The lowest BCUT2D eigenvalue weighted by molar-refractivity contribution is 0.158. The lowest BCUT2D eigenvalue weighted by Gasteiger charge is -2.19. The molecule has 0 saturated heterocycles. The van der Waals surface area contributed by atoms with Gasteiger partial charge in [0.1, 0.15) is 5.76 Å². The van der Waals surface area contributed by atoms with Gasteiger partial charge in [-0.3, -0.25) is 0 Å². The van der Waals surface area contributed by atoms with E-state index in [0.29, 0.717) is 31.2 Å². The Morgan fingerprint density at radius 1 is 1.41 bits per heavy atom. The molecule has 2 rings (SSSR count). The molecule has 1 aromatic rings. The molecular weight excluding hydrogens is 466 g/mol. The molecule has 0 aromatic carbocycles. The number of aliphatic hydroxyl groups is 1. The Labute approximate surface area is 213 Å². The number of ether oxygens (including phenoxy) is 1. The summed E-state index contributed by atoms with van der Waals surface area (Å²) in [7, 11) is 0. The summed E-state index contributed by atoms with van der Waals surface area (Å²) in [5, 5.41) is 16.5. The lowest BCUT2D eigenvalue weighted by Crippen LogP contribution is -2.17. The molecule has 1 aromatic heterocycles. The highest BCUT2D eigenvalue weighted by Gasteiger charge is 2.17. The molecule has 0 saturated carbocycles. The Hall–Kier alpha value is -2.28. The predicted molar refractivity (Wildman–Crippen MR) is 144 cm³/mol. The first-order valence-electron chi connectivity index (χ1n) is 11.8. The molecule has 34 heavy (non-hydrogen) atoms. The van der Waals surface area contributed by atoms with Gasteiger partial charge in [-0.25, -0.2) is 4.98 Å². The zero-order chi connectivity index (χ0) is 24.9. The zero-order valence-electron chi connectivity index (χ0n) is 20.7. The van der Waals surface area contributed by atoms with Crippen LogP contribution in [0.3, 0.4) is 0 Å². The van der Waals surface area contributed by atoms with Gasteiger partial charge in [-0.05, 0) is 50.5 Å². The minimum Gasteiger partial charge on any atom is -0.497 e. The van der Waals surface area contributed by atoms with Gasteiger partial charge in [-0.2, -0.15) is 0 Å². The Morgan fingerprint density at radius 3 is 2.91 bits per heavy atom. The van der Waals surface area contributed by atoms with E-state index in [9.17, 15) is 5.11 Å². The van der Waals surface area contributed by atoms with Gasteiger partial charge in [0.25, 0.3) is 0 Å². The summed E-state index contributed by atoms with van der Waals surface area (Å²) in [5.41, 5.74) is 9.74. The smallest absolute Gasteiger partial charge is 0.103 e. The summed E-state index contributed by atoms with van der Waals surface area (Å²) in [6.07, 6.45) is 16.1. The summed E-state index contributed by atoms with van der Waals surface area (Å²) in [6.45, 7) is 9.55. The first-order valence-corrected chi connectivity index (χ1v) is 13.0. The second-order valence-corrected chi connectivity index (χ2v) is 10.2. The molecule has 7 heteroatoms. The number of hydrogen-bond donors (Lipinski definition) is 3. The third kappa shape index (κ3) is 9.92. The number of nitrogens with one attached hydrogen (secondary N) is 1. The van der Waals surface area contributed by atoms with Crippen LogP contribution in [0.1, 0.15) is 51.2 Å². The number of aromatic nitrogens is 1. The number of thiazole rings is 1. The highest BCUT2D eigenvalue weighted by atomic mass is 35.5. The van der Waals surface area contributed by atoms with Gasteiger partial charge < -0.3 is 20.9 Å². The molecule has 1 unspecified atom stereocenters. The minimum atomic E-state index is 0.115. The van der Waals surface area contributed by atoms with E-state index in [1.54, 1.807) is 11.3 Å². The Bertz CT molecular complexity index is 970. The molecule has 1 aliphatic carbocycles. The van der Waals surface area contributed by atoms with Gasteiger partial charge >= 0.3 is 0 Å². The monoisotopic (exact) mass is 503 g/mol. The van der Waals surface area contributed by atoms with Crippen LogP contribution in [-0.2, 0) is 17.7 Å². The molecule has 1 atom stereocenters. The van der Waals surface area contributed by atoms with Crippen molar-refractivity contribution in [2.45, 2.75) is 53.5 Å². The quantitative estimate of drug-likeness (QED) is 0.237. The summed E-state index contributed by atoms with van der Waals surface area (Å²) in [4.78, 5) is 4.85. The summed E-state index contributed by atoms with van der Waals surface area (Å²) < 4.78 is 6.13. The topological polar surface area (TPSA) is 80.4 Å². The van der Waals surface area contributed by atoms with Crippen molar-refractivity contribution < 1.29 is 9.84 Å². The fourth-order valence-corrected chi connectivity index (χ4v) is 4.30. The van der Waals surface area contributed by atoms with E-state index in [1.807, 2.05) is 44.2 Å². The van der Waals surface area contributed by atoms with Crippen LogP contribution < -0.4 is 11.1 Å². The van der Waals surface area contributed by atoms with Gasteiger partial charge in [0, 0.05) is 35.8 Å². The van der Waals surface area contributed by atoms with Gasteiger partial charge in [-0.15, -0.1) is 11.3 Å².